The van der Waals surface area contributed by atoms with Crippen molar-refractivity contribution in [2.75, 3.05) is 5.32 Å². The van der Waals surface area contributed by atoms with Gasteiger partial charge in [0.25, 0.3) is 0 Å². The molecule has 2 aliphatic heterocycles. The highest BCUT2D eigenvalue weighted by atomic mass is 16.5. The van der Waals surface area contributed by atoms with E-state index in [0.717, 1.165) is 29.9 Å². The van der Waals surface area contributed by atoms with Crippen LogP contribution < -0.4 is 5.32 Å². The van der Waals surface area contributed by atoms with Crippen LogP contribution in [0.1, 0.15) is 30.0 Å². The van der Waals surface area contributed by atoms with Crippen LogP contribution in [0.25, 0.3) is 0 Å². The normalized spacial score (nSPS) is 28.7. The fraction of sp³-hybridized carbons (Fsp3) is 0.350. The van der Waals surface area contributed by atoms with E-state index in [1.165, 1.54) is 5.56 Å². The van der Waals surface area contributed by atoms with Gasteiger partial charge in [0.05, 0.1) is 12.2 Å². The first-order valence-corrected chi connectivity index (χ1v) is 8.31. The lowest BCUT2D eigenvalue weighted by molar-refractivity contribution is 0.0944. The molecule has 2 saturated heterocycles. The largest absolute Gasteiger partial charge is 0.374 e. The Labute approximate surface area is 137 Å². The highest BCUT2D eigenvalue weighted by Crippen LogP contribution is 2.51. The Morgan fingerprint density at radius 3 is 2.74 bits per heavy atom. The number of benzene rings is 1. The summed E-state index contributed by atoms with van der Waals surface area (Å²) in [4.78, 5) is 4.33. The van der Waals surface area contributed by atoms with Gasteiger partial charge in [-0.05, 0) is 49.6 Å². The van der Waals surface area contributed by atoms with Crippen molar-refractivity contribution < 1.29 is 4.74 Å². The molecule has 2 bridgehead atoms. The fourth-order valence-electron chi connectivity index (χ4n) is 4.11. The summed E-state index contributed by atoms with van der Waals surface area (Å²) in [5, 5.41) is 3.49. The van der Waals surface area contributed by atoms with Crippen molar-refractivity contribution in [2.24, 2.45) is 5.92 Å². The molecular weight excluding hydrogens is 284 g/mol. The Balaban J connectivity index is 1.61. The van der Waals surface area contributed by atoms with Crippen LogP contribution in [0.2, 0.25) is 0 Å². The van der Waals surface area contributed by atoms with Crippen molar-refractivity contribution >= 4 is 5.69 Å². The number of hydrogen-bond acceptors (Lipinski definition) is 3. The van der Waals surface area contributed by atoms with Gasteiger partial charge in [-0.25, -0.2) is 0 Å². The Bertz CT molecular complexity index is 713. The number of anilines is 1. The maximum Gasteiger partial charge on any atom is 0.0669 e. The zero-order valence-corrected chi connectivity index (χ0v) is 13.4. The Kier molecular flexibility index (Phi) is 3.66. The van der Waals surface area contributed by atoms with E-state index in [-0.39, 0.29) is 6.10 Å². The molecule has 1 N–H and O–H groups in total. The Morgan fingerprint density at radius 1 is 1.17 bits per heavy atom. The van der Waals surface area contributed by atoms with Crippen molar-refractivity contribution in [1.29, 1.82) is 0 Å². The average molecular weight is 306 g/mol. The molecule has 0 saturated carbocycles. The maximum atomic E-state index is 6.23. The molecule has 4 atom stereocenters. The molecular formula is C20H22N2O. The number of ether oxygens (including phenoxy) is 1. The zero-order valence-electron chi connectivity index (χ0n) is 13.4. The van der Waals surface area contributed by atoms with Gasteiger partial charge in [-0.1, -0.05) is 24.8 Å². The molecule has 0 radical (unpaired) electrons. The van der Waals surface area contributed by atoms with Crippen LogP contribution >= 0.6 is 0 Å². The second-order valence-electron chi connectivity index (χ2n) is 6.59. The Hall–Kier alpha value is -2.13. The highest BCUT2D eigenvalue weighted by Gasteiger charge is 2.50. The molecule has 23 heavy (non-hydrogen) atoms. The van der Waals surface area contributed by atoms with Crippen LogP contribution in [0.5, 0.6) is 0 Å². The van der Waals surface area contributed by atoms with Crippen LogP contribution in [-0.4, -0.2) is 17.2 Å². The summed E-state index contributed by atoms with van der Waals surface area (Å²) in [7, 11) is 0. The van der Waals surface area contributed by atoms with E-state index in [9.17, 15) is 0 Å². The standard InChI is InChI=1S/C20H22N2O/c1-13-12-15(10-11-21-13)20-18-9-8-17(23-18)19(20)14(2)22-16-6-4-3-5-7-16/h3-7,10-12,17-20,22H,2,8-9H2,1H3. The summed E-state index contributed by atoms with van der Waals surface area (Å²) in [6, 6.07) is 14.6. The van der Waals surface area contributed by atoms with Gasteiger partial charge in [0.2, 0.25) is 0 Å². The van der Waals surface area contributed by atoms with E-state index in [1.54, 1.807) is 0 Å². The van der Waals surface area contributed by atoms with Gasteiger partial charge in [0.1, 0.15) is 0 Å². The molecule has 4 unspecified atom stereocenters. The van der Waals surface area contributed by atoms with Gasteiger partial charge in [0, 0.05) is 35.1 Å². The number of pyridine rings is 1. The average Bonchev–Trinajstić information content (AvgIpc) is 3.17. The van der Waals surface area contributed by atoms with Crippen LogP contribution in [0.3, 0.4) is 0 Å². The SMILES string of the molecule is C=C(Nc1ccccc1)C1C2CCC(O2)C1c1ccnc(C)c1. The van der Waals surface area contributed by atoms with Crippen molar-refractivity contribution in [2.45, 2.75) is 37.9 Å². The number of nitrogens with zero attached hydrogens (tertiary/aromatic N) is 1. The van der Waals surface area contributed by atoms with Crippen molar-refractivity contribution in [1.82, 2.24) is 4.98 Å². The molecule has 2 fully saturated rings. The molecule has 1 aromatic carbocycles. The summed E-state index contributed by atoms with van der Waals surface area (Å²) in [5.74, 6) is 0.690. The minimum atomic E-state index is 0.280. The monoisotopic (exact) mass is 306 g/mol. The van der Waals surface area contributed by atoms with Gasteiger partial charge in [-0.3, -0.25) is 4.98 Å². The first kappa shape index (κ1) is 14.5. The van der Waals surface area contributed by atoms with E-state index in [0.29, 0.717) is 17.9 Å². The molecule has 0 amide bonds. The minimum absolute atomic E-state index is 0.280. The third kappa shape index (κ3) is 2.66. The second-order valence-corrected chi connectivity index (χ2v) is 6.59. The van der Waals surface area contributed by atoms with Crippen LogP contribution in [0.15, 0.2) is 60.9 Å². The van der Waals surface area contributed by atoms with Crippen LogP contribution in [0.4, 0.5) is 5.69 Å². The first-order valence-electron chi connectivity index (χ1n) is 8.31. The number of hydrogen-bond donors (Lipinski definition) is 1. The van der Waals surface area contributed by atoms with Gasteiger partial charge in [0.15, 0.2) is 0 Å². The van der Waals surface area contributed by atoms with Gasteiger partial charge in [-0.15, -0.1) is 0 Å². The predicted octanol–water partition coefficient (Wildman–Crippen LogP) is 4.28. The molecule has 3 nitrogen and oxygen atoms in total. The third-order valence-electron chi connectivity index (χ3n) is 5.06. The first-order chi connectivity index (χ1) is 11.2. The molecule has 3 heterocycles. The lowest BCUT2D eigenvalue weighted by Crippen LogP contribution is -2.29. The number of nitrogens with one attached hydrogen (secondary N) is 1. The second kappa shape index (κ2) is 5.82. The zero-order chi connectivity index (χ0) is 15.8. The molecule has 118 valence electrons. The summed E-state index contributed by atoms with van der Waals surface area (Å²) in [6.45, 7) is 6.39. The maximum absolute atomic E-state index is 6.23. The van der Waals surface area contributed by atoms with Crippen LogP contribution in [-0.2, 0) is 4.74 Å². The highest BCUT2D eigenvalue weighted by molar-refractivity contribution is 5.49. The van der Waals surface area contributed by atoms with E-state index in [4.69, 9.17) is 4.74 Å². The number of fused-ring (bicyclic) bond motifs is 2. The van der Waals surface area contributed by atoms with Crippen LogP contribution in [0, 0.1) is 12.8 Å². The number of rotatable bonds is 4. The van der Waals surface area contributed by atoms with E-state index >= 15 is 0 Å². The number of aromatic nitrogens is 1. The van der Waals surface area contributed by atoms with Crippen molar-refractivity contribution in [3.05, 3.63) is 72.2 Å². The lowest BCUT2D eigenvalue weighted by Gasteiger charge is -2.30. The fourth-order valence-corrected chi connectivity index (χ4v) is 4.11. The third-order valence-corrected chi connectivity index (χ3v) is 5.06. The summed E-state index contributed by atoms with van der Waals surface area (Å²) in [6.07, 6.45) is 4.77. The Morgan fingerprint density at radius 2 is 1.96 bits per heavy atom. The molecule has 3 heteroatoms. The van der Waals surface area contributed by atoms with Gasteiger partial charge in [-0.2, -0.15) is 0 Å². The summed E-state index contributed by atoms with van der Waals surface area (Å²) >= 11 is 0. The van der Waals surface area contributed by atoms with E-state index in [1.807, 2.05) is 31.3 Å². The predicted molar refractivity (Wildman–Crippen MR) is 92.3 cm³/mol. The smallest absolute Gasteiger partial charge is 0.0669 e. The molecule has 0 spiro atoms. The van der Waals surface area contributed by atoms with E-state index in [2.05, 4.69) is 41.1 Å². The molecule has 1 aromatic heterocycles. The van der Waals surface area contributed by atoms with Gasteiger partial charge >= 0.3 is 0 Å². The number of aryl methyl sites for hydroxylation is 1. The van der Waals surface area contributed by atoms with Gasteiger partial charge < -0.3 is 10.1 Å². The van der Waals surface area contributed by atoms with E-state index < -0.39 is 0 Å². The quantitative estimate of drug-likeness (QED) is 0.915. The summed E-state index contributed by atoms with van der Waals surface area (Å²) in [5.41, 5.74) is 4.53. The number of para-hydroxylation sites is 1. The van der Waals surface area contributed by atoms with Crippen molar-refractivity contribution in [3.8, 4) is 0 Å². The summed E-state index contributed by atoms with van der Waals surface area (Å²) < 4.78 is 6.23. The molecule has 2 aromatic rings. The molecule has 4 rings (SSSR count). The lowest BCUT2D eigenvalue weighted by atomic mass is 9.74. The molecule has 2 aliphatic rings. The van der Waals surface area contributed by atoms with Crippen molar-refractivity contribution in [3.63, 3.8) is 0 Å². The molecule has 0 aliphatic carbocycles. The minimum Gasteiger partial charge on any atom is -0.374 e. The topological polar surface area (TPSA) is 34.1 Å².